The normalized spacial score (nSPS) is 21.1. The molecule has 6 rings (SSSR count). The SMILES string of the molecule is c1ccc(-n2cc3c(n2)C2(CCN(c4nnc(C5CC5)o4)CC2)OCC3)cc1. The predicted molar refractivity (Wildman–Crippen MR) is 103 cm³/mol. The molecule has 0 bridgehead atoms. The van der Waals surface area contributed by atoms with Crippen molar-refractivity contribution in [2.24, 2.45) is 0 Å². The summed E-state index contributed by atoms with van der Waals surface area (Å²) in [6.45, 7) is 2.42. The number of fused-ring (bicyclic) bond motifs is 2. The second-order valence-electron chi connectivity index (χ2n) is 8.06. The highest BCUT2D eigenvalue weighted by Crippen LogP contribution is 2.43. The highest BCUT2D eigenvalue weighted by atomic mass is 16.5. The molecular formula is C21H23N5O2. The van der Waals surface area contributed by atoms with Crippen molar-refractivity contribution in [1.29, 1.82) is 0 Å². The molecule has 0 radical (unpaired) electrons. The van der Waals surface area contributed by atoms with E-state index >= 15 is 0 Å². The van der Waals surface area contributed by atoms with Crippen LogP contribution in [0.3, 0.4) is 0 Å². The lowest BCUT2D eigenvalue weighted by molar-refractivity contribution is -0.0800. The van der Waals surface area contributed by atoms with Gasteiger partial charge in [-0.2, -0.15) is 5.10 Å². The van der Waals surface area contributed by atoms with Crippen LogP contribution in [0.5, 0.6) is 0 Å². The van der Waals surface area contributed by atoms with E-state index in [2.05, 4.69) is 33.4 Å². The third-order valence-corrected chi connectivity index (χ3v) is 6.19. The van der Waals surface area contributed by atoms with E-state index in [1.165, 1.54) is 18.4 Å². The van der Waals surface area contributed by atoms with Crippen molar-refractivity contribution in [3.05, 3.63) is 53.7 Å². The molecule has 2 fully saturated rings. The van der Waals surface area contributed by atoms with Crippen LogP contribution >= 0.6 is 0 Å². The summed E-state index contributed by atoms with van der Waals surface area (Å²) in [5.74, 6) is 1.29. The Bertz CT molecular complexity index is 983. The van der Waals surface area contributed by atoms with Crippen LogP contribution in [0.15, 0.2) is 40.9 Å². The van der Waals surface area contributed by atoms with Gasteiger partial charge in [0, 0.05) is 25.2 Å². The number of para-hydroxylation sites is 1. The fourth-order valence-corrected chi connectivity index (χ4v) is 4.40. The second-order valence-corrected chi connectivity index (χ2v) is 8.06. The molecule has 0 amide bonds. The van der Waals surface area contributed by atoms with E-state index in [4.69, 9.17) is 14.3 Å². The molecule has 0 atom stereocenters. The van der Waals surface area contributed by atoms with Crippen molar-refractivity contribution < 1.29 is 9.15 Å². The monoisotopic (exact) mass is 377 g/mol. The van der Waals surface area contributed by atoms with E-state index in [9.17, 15) is 0 Å². The largest absolute Gasteiger partial charge is 0.408 e. The Morgan fingerprint density at radius 1 is 1.04 bits per heavy atom. The van der Waals surface area contributed by atoms with Gasteiger partial charge in [-0.3, -0.25) is 0 Å². The molecular weight excluding hydrogens is 354 g/mol. The quantitative estimate of drug-likeness (QED) is 0.698. The lowest BCUT2D eigenvalue weighted by atomic mass is 9.84. The van der Waals surface area contributed by atoms with Gasteiger partial charge in [0.1, 0.15) is 5.60 Å². The van der Waals surface area contributed by atoms with Gasteiger partial charge in [0.15, 0.2) is 0 Å². The maximum atomic E-state index is 6.35. The smallest absolute Gasteiger partial charge is 0.318 e. The molecule has 1 aliphatic carbocycles. The molecule has 7 heteroatoms. The molecule has 4 heterocycles. The van der Waals surface area contributed by atoms with Crippen molar-refractivity contribution in [2.45, 2.75) is 43.6 Å². The Hall–Kier alpha value is -2.67. The zero-order valence-corrected chi connectivity index (χ0v) is 15.8. The fraction of sp³-hybridized carbons (Fsp3) is 0.476. The van der Waals surface area contributed by atoms with Crippen LogP contribution in [0, 0.1) is 0 Å². The summed E-state index contributed by atoms with van der Waals surface area (Å²) >= 11 is 0. The molecule has 1 saturated heterocycles. The first-order valence-electron chi connectivity index (χ1n) is 10.2. The molecule has 28 heavy (non-hydrogen) atoms. The van der Waals surface area contributed by atoms with Crippen molar-refractivity contribution in [2.75, 3.05) is 24.6 Å². The number of ether oxygens (including phenoxy) is 1. The summed E-state index contributed by atoms with van der Waals surface area (Å²) in [6.07, 6.45) is 7.19. The molecule has 1 spiro atoms. The number of nitrogens with zero attached hydrogens (tertiary/aromatic N) is 5. The third kappa shape index (κ3) is 2.64. The number of rotatable bonds is 3. The zero-order valence-electron chi connectivity index (χ0n) is 15.8. The fourth-order valence-electron chi connectivity index (χ4n) is 4.40. The molecule has 1 saturated carbocycles. The second kappa shape index (κ2) is 6.17. The van der Waals surface area contributed by atoms with Crippen molar-refractivity contribution in [3.8, 4) is 5.69 Å². The van der Waals surface area contributed by atoms with E-state index in [0.29, 0.717) is 11.9 Å². The van der Waals surface area contributed by atoms with Crippen molar-refractivity contribution in [1.82, 2.24) is 20.0 Å². The summed E-state index contributed by atoms with van der Waals surface area (Å²) in [5, 5.41) is 13.4. The van der Waals surface area contributed by atoms with Crippen LogP contribution in [0.2, 0.25) is 0 Å². The molecule has 7 nitrogen and oxygen atoms in total. The molecule has 1 aromatic carbocycles. The molecule has 2 aliphatic heterocycles. The number of piperidine rings is 1. The number of aromatic nitrogens is 4. The van der Waals surface area contributed by atoms with Gasteiger partial charge in [-0.05, 0) is 49.8 Å². The van der Waals surface area contributed by atoms with Gasteiger partial charge in [0.25, 0.3) is 0 Å². The van der Waals surface area contributed by atoms with Crippen molar-refractivity contribution in [3.63, 3.8) is 0 Å². The Labute approximate surface area is 163 Å². The van der Waals surface area contributed by atoms with Crippen LogP contribution in [0.4, 0.5) is 6.01 Å². The minimum absolute atomic E-state index is 0.302. The average molecular weight is 377 g/mol. The van der Waals surface area contributed by atoms with Crippen LogP contribution in [0.25, 0.3) is 5.69 Å². The minimum Gasteiger partial charge on any atom is -0.408 e. The molecule has 3 aliphatic rings. The first kappa shape index (κ1) is 16.3. The zero-order chi connectivity index (χ0) is 18.6. The van der Waals surface area contributed by atoms with Crippen LogP contribution in [-0.4, -0.2) is 39.7 Å². The Kier molecular flexibility index (Phi) is 3.59. The van der Waals surface area contributed by atoms with Gasteiger partial charge in [-0.25, -0.2) is 4.68 Å². The van der Waals surface area contributed by atoms with Gasteiger partial charge in [0.05, 0.1) is 18.0 Å². The highest BCUT2D eigenvalue weighted by molar-refractivity contribution is 5.37. The summed E-state index contributed by atoms with van der Waals surface area (Å²) < 4.78 is 14.2. The lowest BCUT2D eigenvalue weighted by Crippen LogP contribution is -2.47. The number of anilines is 1. The van der Waals surface area contributed by atoms with Gasteiger partial charge >= 0.3 is 6.01 Å². The molecule has 2 aromatic heterocycles. The van der Waals surface area contributed by atoms with E-state index in [0.717, 1.165) is 56.2 Å². The maximum Gasteiger partial charge on any atom is 0.318 e. The van der Waals surface area contributed by atoms with Crippen LogP contribution in [0.1, 0.15) is 48.7 Å². The van der Waals surface area contributed by atoms with Gasteiger partial charge < -0.3 is 14.1 Å². The first-order valence-corrected chi connectivity index (χ1v) is 10.2. The highest BCUT2D eigenvalue weighted by Gasteiger charge is 2.44. The summed E-state index contributed by atoms with van der Waals surface area (Å²) in [4.78, 5) is 2.19. The molecule has 144 valence electrons. The first-order chi connectivity index (χ1) is 13.8. The molecule has 3 aromatic rings. The average Bonchev–Trinajstić information content (AvgIpc) is 3.30. The van der Waals surface area contributed by atoms with E-state index in [1.54, 1.807) is 0 Å². The van der Waals surface area contributed by atoms with E-state index in [-0.39, 0.29) is 5.60 Å². The van der Waals surface area contributed by atoms with Crippen LogP contribution in [-0.2, 0) is 16.8 Å². The standard InChI is InChI=1S/C21H23N5O2/c1-2-4-17(5-3-1)26-14-16-8-13-27-21(18(16)24-26)9-11-25(12-10-21)20-23-22-19(28-20)15-6-7-15/h1-5,14-15H,6-13H2. The Morgan fingerprint density at radius 3 is 2.64 bits per heavy atom. The molecule has 0 unspecified atom stereocenters. The van der Waals surface area contributed by atoms with Gasteiger partial charge in [-0.15, -0.1) is 5.10 Å². The summed E-state index contributed by atoms with van der Waals surface area (Å²) in [6, 6.07) is 10.9. The molecule has 0 N–H and O–H groups in total. The third-order valence-electron chi connectivity index (χ3n) is 6.19. The minimum atomic E-state index is -0.302. The summed E-state index contributed by atoms with van der Waals surface area (Å²) in [7, 11) is 0. The van der Waals surface area contributed by atoms with Gasteiger partial charge in [0.2, 0.25) is 5.89 Å². The Morgan fingerprint density at radius 2 is 1.86 bits per heavy atom. The van der Waals surface area contributed by atoms with E-state index < -0.39 is 0 Å². The number of hydrogen-bond donors (Lipinski definition) is 0. The summed E-state index contributed by atoms with van der Waals surface area (Å²) in [5.41, 5.74) is 3.19. The predicted octanol–water partition coefficient (Wildman–Crippen LogP) is 3.20. The Balaban J connectivity index is 1.25. The number of benzene rings is 1. The van der Waals surface area contributed by atoms with Crippen molar-refractivity contribution >= 4 is 6.01 Å². The van der Waals surface area contributed by atoms with Crippen LogP contribution < -0.4 is 4.90 Å². The maximum absolute atomic E-state index is 6.35. The van der Waals surface area contributed by atoms with Gasteiger partial charge in [-0.1, -0.05) is 23.3 Å². The topological polar surface area (TPSA) is 69.2 Å². The lowest BCUT2D eigenvalue weighted by Gasteiger charge is -2.42. The van der Waals surface area contributed by atoms with E-state index in [1.807, 2.05) is 22.9 Å². The number of hydrogen-bond acceptors (Lipinski definition) is 6.